The SMILES string of the molecule is CNCC/C=C/Cc1ccc(F)c(Cl)c1. The van der Waals surface area contributed by atoms with Gasteiger partial charge in [-0.25, -0.2) is 4.39 Å². The van der Waals surface area contributed by atoms with E-state index in [1.807, 2.05) is 7.05 Å². The topological polar surface area (TPSA) is 12.0 Å². The van der Waals surface area contributed by atoms with Gasteiger partial charge in [0, 0.05) is 0 Å². The molecule has 0 bridgehead atoms. The van der Waals surface area contributed by atoms with E-state index in [-0.39, 0.29) is 10.8 Å². The molecule has 0 radical (unpaired) electrons. The molecule has 82 valence electrons. The van der Waals surface area contributed by atoms with Crippen LogP contribution in [0.2, 0.25) is 5.02 Å². The lowest BCUT2D eigenvalue weighted by molar-refractivity contribution is 0.627. The van der Waals surface area contributed by atoms with E-state index in [4.69, 9.17) is 11.6 Å². The molecule has 1 aromatic rings. The monoisotopic (exact) mass is 227 g/mol. The molecule has 0 aliphatic rings. The summed E-state index contributed by atoms with van der Waals surface area (Å²) in [5, 5.41) is 3.25. The van der Waals surface area contributed by atoms with Gasteiger partial charge < -0.3 is 5.32 Å². The van der Waals surface area contributed by atoms with Crippen LogP contribution in [-0.4, -0.2) is 13.6 Å². The van der Waals surface area contributed by atoms with Crippen LogP contribution in [0.5, 0.6) is 0 Å². The van der Waals surface area contributed by atoms with Crippen LogP contribution in [0.25, 0.3) is 0 Å². The molecule has 0 spiro atoms. The molecular weight excluding hydrogens is 213 g/mol. The lowest BCUT2D eigenvalue weighted by atomic mass is 10.1. The van der Waals surface area contributed by atoms with Crippen molar-refractivity contribution < 1.29 is 4.39 Å². The Bertz CT molecular complexity index is 336. The number of allylic oxidation sites excluding steroid dienone is 1. The van der Waals surface area contributed by atoms with Crippen molar-refractivity contribution in [2.75, 3.05) is 13.6 Å². The molecular formula is C12H15ClFN. The van der Waals surface area contributed by atoms with Crippen molar-refractivity contribution in [2.24, 2.45) is 0 Å². The number of rotatable bonds is 5. The second-order valence-corrected chi connectivity index (χ2v) is 3.72. The van der Waals surface area contributed by atoms with Gasteiger partial charge in [-0.3, -0.25) is 0 Å². The summed E-state index contributed by atoms with van der Waals surface area (Å²) in [5.74, 6) is -0.362. The summed E-state index contributed by atoms with van der Waals surface area (Å²) in [6.45, 7) is 0.973. The van der Waals surface area contributed by atoms with Crippen LogP contribution >= 0.6 is 11.6 Å². The lowest BCUT2D eigenvalue weighted by Crippen LogP contribution is -2.05. The highest BCUT2D eigenvalue weighted by Gasteiger charge is 1.98. The zero-order valence-electron chi connectivity index (χ0n) is 8.76. The van der Waals surface area contributed by atoms with Crippen LogP contribution in [-0.2, 0) is 6.42 Å². The van der Waals surface area contributed by atoms with E-state index in [2.05, 4.69) is 17.5 Å². The first-order chi connectivity index (χ1) is 7.24. The van der Waals surface area contributed by atoms with Crippen molar-refractivity contribution in [1.82, 2.24) is 5.32 Å². The molecule has 0 heterocycles. The molecule has 0 aliphatic carbocycles. The van der Waals surface area contributed by atoms with Gasteiger partial charge in [0.15, 0.2) is 0 Å². The Balaban J connectivity index is 2.44. The maximum atomic E-state index is 12.8. The molecule has 0 fully saturated rings. The van der Waals surface area contributed by atoms with Gasteiger partial charge in [0.2, 0.25) is 0 Å². The molecule has 1 rings (SSSR count). The summed E-state index contributed by atoms with van der Waals surface area (Å²) in [6, 6.07) is 4.82. The number of nitrogens with one attached hydrogen (secondary N) is 1. The third-order valence-electron chi connectivity index (χ3n) is 2.07. The highest BCUT2D eigenvalue weighted by molar-refractivity contribution is 6.30. The first-order valence-electron chi connectivity index (χ1n) is 4.97. The smallest absolute Gasteiger partial charge is 0.141 e. The predicted octanol–water partition coefficient (Wildman–Crippen LogP) is 3.19. The molecule has 0 saturated carbocycles. The van der Waals surface area contributed by atoms with Crippen LogP contribution in [0.3, 0.4) is 0 Å². The molecule has 0 aromatic heterocycles. The lowest BCUT2D eigenvalue weighted by Gasteiger charge is -1.98. The quantitative estimate of drug-likeness (QED) is 0.602. The van der Waals surface area contributed by atoms with Crippen LogP contribution in [0.15, 0.2) is 30.4 Å². The van der Waals surface area contributed by atoms with Gasteiger partial charge in [-0.1, -0.05) is 29.8 Å². The zero-order chi connectivity index (χ0) is 11.1. The van der Waals surface area contributed by atoms with E-state index in [1.165, 1.54) is 6.07 Å². The highest BCUT2D eigenvalue weighted by atomic mass is 35.5. The Morgan fingerprint density at radius 1 is 1.40 bits per heavy atom. The van der Waals surface area contributed by atoms with Gasteiger partial charge in [0.1, 0.15) is 5.82 Å². The molecule has 15 heavy (non-hydrogen) atoms. The molecule has 0 atom stereocenters. The fourth-order valence-corrected chi connectivity index (χ4v) is 1.43. The van der Waals surface area contributed by atoms with Gasteiger partial charge in [-0.2, -0.15) is 0 Å². The van der Waals surface area contributed by atoms with E-state index in [0.29, 0.717) is 0 Å². The fraction of sp³-hybridized carbons (Fsp3) is 0.333. The predicted molar refractivity (Wildman–Crippen MR) is 62.8 cm³/mol. The number of hydrogen-bond acceptors (Lipinski definition) is 1. The summed E-state index contributed by atoms with van der Waals surface area (Å²) in [7, 11) is 1.92. The number of halogens is 2. The van der Waals surface area contributed by atoms with Gasteiger partial charge in [-0.15, -0.1) is 0 Å². The molecule has 0 amide bonds. The minimum absolute atomic E-state index is 0.191. The maximum absolute atomic E-state index is 12.8. The van der Waals surface area contributed by atoms with Crippen LogP contribution in [0, 0.1) is 5.82 Å². The number of benzene rings is 1. The summed E-state index contributed by atoms with van der Waals surface area (Å²) < 4.78 is 12.8. The summed E-state index contributed by atoms with van der Waals surface area (Å²) in [5.41, 5.74) is 1.03. The standard InChI is InChI=1S/C12H15ClFN/c1-15-8-4-2-3-5-10-6-7-12(14)11(13)9-10/h2-3,6-7,9,15H,4-5,8H2,1H3/b3-2+. The van der Waals surface area contributed by atoms with Gasteiger partial charge in [-0.05, 0) is 44.1 Å². The van der Waals surface area contributed by atoms with Gasteiger partial charge >= 0.3 is 0 Å². The Labute approximate surface area is 95.0 Å². The van der Waals surface area contributed by atoms with Gasteiger partial charge in [0.05, 0.1) is 5.02 Å². The Kier molecular flexibility index (Phi) is 5.37. The zero-order valence-corrected chi connectivity index (χ0v) is 9.52. The summed E-state index contributed by atoms with van der Waals surface area (Å²) in [4.78, 5) is 0. The van der Waals surface area contributed by atoms with Crippen LogP contribution in [0.1, 0.15) is 12.0 Å². The third-order valence-corrected chi connectivity index (χ3v) is 2.35. The van der Waals surface area contributed by atoms with Crippen molar-refractivity contribution in [3.8, 4) is 0 Å². The second-order valence-electron chi connectivity index (χ2n) is 3.32. The van der Waals surface area contributed by atoms with Crippen LogP contribution in [0.4, 0.5) is 4.39 Å². The van der Waals surface area contributed by atoms with E-state index in [1.54, 1.807) is 12.1 Å². The minimum atomic E-state index is -0.362. The van der Waals surface area contributed by atoms with Crippen molar-refractivity contribution in [3.05, 3.63) is 46.8 Å². The van der Waals surface area contributed by atoms with Crippen molar-refractivity contribution in [2.45, 2.75) is 12.8 Å². The third kappa shape index (κ3) is 4.45. The first kappa shape index (κ1) is 12.2. The van der Waals surface area contributed by atoms with Crippen molar-refractivity contribution in [1.29, 1.82) is 0 Å². The molecule has 3 heteroatoms. The van der Waals surface area contributed by atoms with E-state index in [9.17, 15) is 4.39 Å². The highest BCUT2D eigenvalue weighted by Crippen LogP contribution is 2.16. The van der Waals surface area contributed by atoms with E-state index >= 15 is 0 Å². The van der Waals surface area contributed by atoms with Crippen molar-refractivity contribution >= 4 is 11.6 Å². The Hall–Kier alpha value is -0.860. The average molecular weight is 228 g/mol. The normalized spacial score (nSPS) is 11.1. The fourth-order valence-electron chi connectivity index (χ4n) is 1.23. The average Bonchev–Trinajstić information content (AvgIpc) is 2.23. The maximum Gasteiger partial charge on any atom is 0.141 e. The molecule has 1 nitrogen and oxygen atoms in total. The Morgan fingerprint density at radius 3 is 2.87 bits per heavy atom. The Morgan fingerprint density at radius 2 is 2.20 bits per heavy atom. The number of hydrogen-bond donors (Lipinski definition) is 1. The molecule has 1 aromatic carbocycles. The largest absolute Gasteiger partial charge is 0.319 e. The van der Waals surface area contributed by atoms with E-state index in [0.717, 1.165) is 24.9 Å². The first-order valence-corrected chi connectivity index (χ1v) is 5.35. The van der Waals surface area contributed by atoms with Crippen molar-refractivity contribution in [3.63, 3.8) is 0 Å². The molecule has 0 saturated heterocycles. The molecule has 0 unspecified atom stereocenters. The molecule has 0 aliphatic heterocycles. The minimum Gasteiger partial charge on any atom is -0.319 e. The second kappa shape index (κ2) is 6.59. The summed E-state index contributed by atoms with van der Waals surface area (Å²) >= 11 is 5.67. The summed E-state index contributed by atoms with van der Waals surface area (Å²) in [6.07, 6.45) is 5.98. The molecule has 1 N–H and O–H groups in total. The van der Waals surface area contributed by atoms with Crippen LogP contribution < -0.4 is 5.32 Å². The van der Waals surface area contributed by atoms with Gasteiger partial charge in [0.25, 0.3) is 0 Å². The van der Waals surface area contributed by atoms with E-state index < -0.39 is 0 Å².